The molecular weight excluding hydrogens is 331 g/mol. The standard InChI is InChI=1S/C17H21FN2O5/c1-2-24-17(21)12-8-10(20(22)23)9-13(18)16(12)19-14-4-3-5-15-11(14)6-7-25-15/h8-9,11,14-15,19H,2-7H2,1H3. The molecule has 0 spiro atoms. The smallest absolute Gasteiger partial charge is 0.340 e. The summed E-state index contributed by atoms with van der Waals surface area (Å²) in [5.74, 6) is -1.35. The molecular formula is C17H21FN2O5. The zero-order chi connectivity index (χ0) is 18.0. The summed E-state index contributed by atoms with van der Waals surface area (Å²) in [6.07, 6.45) is 3.80. The molecule has 3 unspecified atom stereocenters. The summed E-state index contributed by atoms with van der Waals surface area (Å²) in [4.78, 5) is 22.4. The van der Waals surface area contributed by atoms with Crippen molar-refractivity contribution in [1.29, 1.82) is 0 Å². The van der Waals surface area contributed by atoms with Crippen LogP contribution in [0.3, 0.4) is 0 Å². The molecule has 8 heteroatoms. The number of anilines is 1. The number of rotatable bonds is 5. The molecule has 3 rings (SSSR count). The molecule has 1 aromatic carbocycles. The van der Waals surface area contributed by atoms with Crippen molar-refractivity contribution in [2.24, 2.45) is 5.92 Å². The first-order valence-electron chi connectivity index (χ1n) is 8.54. The molecule has 0 radical (unpaired) electrons. The van der Waals surface area contributed by atoms with Gasteiger partial charge in [-0.1, -0.05) is 0 Å². The Kier molecular flexibility index (Phi) is 5.17. The number of hydrogen-bond acceptors (Lipinski definition) is 6. The molecule has 7 nitrogen and oxygen atoms in total. The molecule has 1 saturated heterocycles. The lowest BCUT2D eigenvalue weighted by Gasteiger charge is -2.34. The fraction of sp³-hybridized carbons (Fsp3) is 0.588. The Hall–Kier alpha value is -2.22. The maximum Gasteiger partial charge on any atom is 0.340 e. The van der Waals surface area contributed by atoms with Gasteiger partial charge in [0, 0.05) is 24.6 Å². The molecule has 2 aliphatic rings. The normalized spacial score (nSPS) is 25.3. The van der Waals surface area contributed by atoms with Crippen molar-refractivity contribution in [2.45, 2.75) is 44.8 Å². The van der Waals surface area contributed by atoms with Crippen LogP contribution in [0, 0.1) is 21.8 Å². The van der Waals surface area contributed by atoms with Gasteiger partial charge in [0.15, 0.2) is 5.82 Å². The van der Waals surface area contributed by atoms with Gasteiger partial charge in [-0.05, 0) is 32.6 Å². The molecule has 136 valence electrons. The maximum absolute atomic E-state index is 14.6. The summed E-state index contributed by atoms with van der Waals surface area (Å²) in [5.41, 5.74) is -0.645. The van der Waals surface area contributed by atoms with Crippen LogP contribution in [0.5, 0.6) is 0 Å². The second kappa shape index (κ2) is 7.35. The third-order valence-corrected chi connectivity index (χ3v) is 4.89. The molecule has 0 aromatic heterocycles. The highest BCUT2D eigenvalue weighted by Gasteiger charge is 2.38. The van der Waals surface area contributed by atoms with Crippen LogP contribution in [-0.2, 0) is 9.47 Å². The molecule has 1 heterocycles. The van der Waals surface area contributed by atoms with Crippen molar-refractivity contribution in [2.75, 3.05) is 18.5 Å². The van der Waals surface area contributed by atoms with Crippen LogP contribution >= 0.6 is 0 Å². The first-order valence-corrected chi connectivity index (χ1v) is 8.54. The number of nitrogens with one attached hydrogen (secondary N) is 1. The number of carbonyl (C=O) groups is 1. The van der Waals surface area contributed by atoms with Crippen LogP contribution in [0.1, 0.15) is 43.0 Å². The highest BCUT2D eigenvalue weighted by Crippen LogP contribution is 2.37. The summed E-state index contributed by atoms with van der Waals surface area (Å²) in [5, 5.41) is 14.1. The van der Waals surface area contributed by atoms with Gasteiger partial charge in [-0.3, -0.25) is 10.1 Å². The fourth-order valence-electron chi connectivity index (χ4n) is 3.75. The lowest BCUT2D eigenvalue weighted by molar-refractivity contribution is -0.385. The number of hydrogen-bond donors (Lipinski definition) is 1. The van der Waals surface area contributed by atoms with Crippen molar-refractivity contribution < 1.29 is 23.6 Å². The SMILES string of the molecule is CCOC(=O)c1cc([N+](=O)[O-])cc(F)c1NC1CCCC2OCCC12. The topological polar surface area (TPSA) is 90.7 Å². The van der Waals surface area contributed by atoms with Crippen molar-refractivity contribution in [3.8, 4) is 0 Å². The van der Waals surface area contributed by atoms with Crippen LogP contribution in [0.25, 0.3) is 0 Å². The lowest BCUT2D eigenvalue weighted by atomic mass is 9.81. The predicted molar refractivity (Wildman–Crippen MR) is 88.1 cm³/mol. The van der Waals surface area contributed by atoms with Gasteiger partial charge in [0.05, 0.1) is 35.0 Å². The minimum Gasteiger partial charge on any atom is -0.462 e. The number of benzene rings is 1. The summed E-state index contributed by atoms with van der Waals surface area (Å²) >= 11 is 0. The average Bonchev–Trinajstić information content (AvgIpc) is 3.06. The van der Waals surface area contributed by atoms with Crippen LogP contribution in [0.4, 0.5) is 15.8 Å². The van der Waals surface area contributed by atoms with E-state index in [9.17, 15) is 19.3 Å². The molecule has 1 N–H and O–H groups in total. The molecule has 1 aliphatic carbocycles. The number of esters is 1. The number of nitro benzene ring substituents is 1. The van der Waals surface area contributed by atoms with Gasteiger partial charge < -0.3 is 14.8 Å². The number of halogens is 1. The Bertz CT molecular complexity index is 681. The molecule has 0 bridgehead atoms. The van der Waals surface area contributed by atoms with Crippen LogP contribution in [-0.4, -0.2) is 36.3 Å². The zero-order valence-corrected chi connectivity index (χ0v) is 14.0. The van der Waals surface area contributed by atoms with E-state index in [4.69, 9.17) is 9.47 Å². The molecule has 0 amide bonds. The maximum atomic E-state index is 14.6. The molecule has 1 saturated carbocycles. The molecule has 3 atom stereocenters. The monoisotopic (exact) mass is 352 g/mol. The Morgan fingerprint density at radius 3 is 2.96 bits per heavy atom. The van der Waals surface area contributed by atoms with E-state index in [0.717, 1.165) is 37.8 Å². The van der Waals surface area contributed by atoms with Gasteiger partial charge in [-0.2, -0.15) is 0 Å². The predicted octanol–water partition coefficient (Wildman–Crippen LogP) is 3.28. The number of nitro groups is 1. The Balaban J connectivity index is 1.93. The third-order valence-electron chi connectivity index (χ3n) is 4.89. The van der Waals surface area contributed by atoms with Gasteiger partial charge in [-0.25, -0.2) is 9.18 Å². The molecule has 2 fully saturated rings. The number of nitrogens with zero attached hydrogens (tertiary/aromatic N) is 1. The van der Waals surface area contributed by atoms with E-state index in [0.29, 0.717) is 6.61 Å². The first kappa shape index (κ1) is 17.6. The van der Waals surface area contributed by atoms with E-state index in [2.05, 4.69) is 5.32 Å². The van der Waals surface area contributed by atoms with Crippen molar-refractivity contribution >= 4 is 17.3 Å². The van der Waals surface area contributed by atoms with E-state index >= 15 is 0 Å². The summed E-state index contributed by atoms with van der Waals surface area (Å²) in [7, 11) is 0. The largest absolute Gasteiger partial charge is 0.462 e. The second-order valence-electron chi connectivity index (χ2n) is 6.37. The summed E-state index contributed by atoms with van der Waals surface area (Å²) in [6.45, 7) is 2.41. The van der Waals surface area contributed by atoms with Crippen molar-refractivity contribution in [1.82, 2.24) is 0 Å². The number of fused-ring (bicyclic) bond motifs is 1. The van der Waals surface area contributed by atoms with Crippen molar-refractivity contribution in [3.05, 3.63) is 33.6 Å². The van der Waals surface area contributed by atoms with Crippen LogP contribution < -0.4 is 5.32 Å². The van der Waals surface area contributed by atoms with E-state index < -0.39 is 22.4 Å². The zero-order valence-electron chi connectivity index (χ0n) is 14.0. The van der Waals surface area contributed by atoms with Crippen LogP contribution in [0.2, 0.25) is 0 Å². The van der Waals surface area contributed by atoms with Gasteiger partial charge >= 0.3 is 5.97 Å². The fourth-order valence-corrected chi connectivity index (χ4v) is 3.75. The van der Waals surface area contributed by atoms with E-state index in [-0.39, 0.29) is 35.9 Å². The highest BCUT2D eigenvalue weighted by molar-refractivity contribution is 5.96. The Morgan fingerprint density at radius 1 is 1.44 bits per heavy atom. The Labute approximate surface area is 144 Å². The van der Waals surface area contributed by atoms with Gasteiger partial charge in [-0.15, -0.1) is 0 Å². The lowest BCUT2D eigenvalue weighted by Crippen LogP contribution is -2.38. The van der Waals surface area contributed by atoms with E-state index in [1.165, 1.54) is 0 Å². The average molecular weight is 352 g/mol. The minimum atomic E-state index is -0.821. The van der Waals surface area contributed by atoms with Gasteiger partial charge in [0.25, 0.3) is 5.69 Å². The summed E-state index contributed by atoms with van der Waals surface area (Å²) in [6, 6.07) is 1.86. The number of non-ortho nitro benzene ring substituents is 1. The van der Waals surface area contributed by atoms with Gasteiger partial charge in [0.1, 0.15) is 0 Å². The molecule has 1 aromatic rings. The highest BCUT2D eigenvalue weighted by atomic mass is 19.1. The van der Waals surface area contributed by atoms with Crippen LogP contribution in [0.15, 0.2) is 12.1 Å². The Morgan fingerprint density at radius 2 is 2.24 bits per heavy atom. The van der Waals surface area contributed by atoms with E-state index in [1.54, 1.807) is 6.92 Å². The molecule has 1 aliphatic heterocycles. The van der Waals surface area contributed by atoms with Crippen molar-refractivity contribution in [3.63, 3.8) is 0 Å². The quantitative estimate of drug-likeness (QED) is 0.497. The minimum absolute atomic E-state index is 0.0263. The van der Waals surface area contributed by atoms with E-state index in [1.807, 2.05) is 0 Å². The first-order chi connectivity index (χ1) is 12.0. The summed E-state index contributed by atoms with van der Waals surface area (Å²) < 4.78 is 25.2. The molecule has 25 heavy (non-hydrogen) atoms. The number of carbonyl (C=O) groups excluding carboxylic acids is 1. The second-order valence-corrected chi connectivity index (χ2v) is 6.37. The number of ether oxygens (including phenoxy) is 2. The van der Waals surface area contributed by atoms with Gasteiger partial charge in [0.2, 0.25) is 0 Å². The third kappa shape index (κ3) is 3.58.